The minimum Gasteiger partial charge on any atom is -0.375 e. The molecule has 0 aromatic carbocycles. The predicted molar refractivity (Wildman–Crippen MR) is 95.3 cm³/mol. The number of anilines is 1. The number of thiazole rings is 1. The van der Waals surface area contributed by atoms with Gasteiger partial charge in [-0.2, -0.15) is 0 Å². The molecule has 0 saturated heterocycles. The number of nitrogen functional groups attached to an aromatic ring is 1. The van der Waals surface area contributed by atoms with Crippen molar-refractivity contribution in [1.82, 2.24) is 9.88 Å². The van der Waals surface area contributed by atoms with E-state index in [-0.39, 0.29) is 5.91 Å². The monoisotopic (exact) mass is 337 g/mol. The number of carbonyl (C=O) groups is 1. The molecule has 1 amide bonds. The molecule has 2 aromatic rings. The Morgan fingerprint density at radius 3 is 2.64 bits per heavy atom. The maximum absolute atomic E-state index is 12.4. The van der Waals surface area contributed by atoms with Crippen LogP contribution in [-0.4, -0.2) is 28.9 Å². The van der Waals surface area contributed by atoms with Crippen LogP contribution < -0.4 is 5.73 Å². The first-order valence-corrected chi connectivity index (χ1v) is 9.42. The molecule has 0 aliphatic heterocycles. The SMILES string of the molecule is CCCN(CCC)C(=O)CCc1sc(N)nc1-c1cccs1. The van der Waals surface area contributed by atoms with E-state index < -0.39 is 0 Å². The van der Waals surface area contributed by atoms with Crippen LogP contribution in [0.4, 0.5) is 5.13 Å². The third-order valence-electron chi connectivity index (χ3n) is 3.37. The molecule has 0 bridgehead atoms. The highest BCUT2D eigenvalue weighted by molar-refractivity contribution is 7.17. The number of nitrogens with two attached hydrogens (primary N) is 1. The number of hydrogen-bond acceptors (Lipinski definition) is 5. The van der Waals surface area contributed by atoms with Gasteiger partial charge in [-0.3, -0.25) is 4.79 Å². The summed E-state index contributed by atoms with van der Waals surface area (Å²) in [6.07, 6.45) is 3.24. The number of aromatic nitrogens is 1. The quantitative estimate of drug-likeness (QED) is 0.791. The fourth-order valence-corrected chi connectivity index (χ4v) is 4.08. The van der Waals surface area contributed by atoms with E-state index in [0.717, 1.165) is 41.4 Å². The van der Waals surface area contributed by atoms with E-state index in [1.54, 1.807) is 11.3 Å². The zero-order valence-electron chi connectivity index (χ0n) is 13.2. The van der Waals surface area contributed by atoms with Crippen molar-refractivity contribution >= 4 is 33.7 Å². The van der Waals surface area contributed by atoms with Gasteiger partial charge in [-0.05, 0) is 30.7 Å². The van der Waals surface area contributed by atoms with Crippen LogP contribution in [0.25, 0.3) is 10.6 Å². The van der Waals surface area contributed by atoms with Gasteiger partial charge in [-0.1, -0.05) is 19.9 Å². The van der Waals surface area contributed by atoms with Crippen LogP contribution in [0.15, 0.2) is 17.5 Å². The normalized spacial score (nSPS) is 10.8. The minimum atomic E-state index is 0.229. The molecule has 0 saturated carbocycles. The first kappa shape index (κ1) is 17.0. The number of amides is 1. The molecule has 22 heavy (non-hydrogen) atoms. The Morgan fingerprint density at radius 1 is 1.32 bits per heavy atom. The molecule has 2 N–H and O–H groups in total. The Balaban J connectivity index is 2.04. The molecule has 0 radical (unpaired) electrons. The van der Waals surface area contributed by atoms with Crippen LogP contribution in [0.2, 0.25) is 0 Å². The maximum Gasteiger partial charge on any atom is 0.222 e. The summed E-state index contributed by atoms with van der Waals surface area (Å²) in [4.78, 5) is 21.0. The Labute approximate surface area is 140 Å². The van der Waals surface area contributed by atoms with E-state index in [1.165, 1.54) is 11.3 Å². The molecule has 2 heterocycles. The van der Waals surface area contributed by atoms with Crippen molar-refractivity contribution in [3.05, 3.63) is 22.4 Å². The average Bonchev–Trinajstić information content (AvgIpc) is 3.13. The molecule has 0 aliphatic rings. The highest BCUT2D eigenvalue weighted by Gasteiger charge is 2.16. The lowest BCUT2D eigenvalue weighted by Crippen LogP contribution is -2.32. The number of nitrogens with zero attached hydrogens (tertiary/aromatic N) is 2. The maximum atomic E-state index is 12.4. The number of hydrogen-bond donors (Lipinski definition) is 1. The molecule has 0 fully saturated rings. The Bertz CT molecular complexity index is 587. The van der Waals surface area contributed by atoms with E-state index >= 15 is 0 Å². The second-order valence-electron chi connectivity index (χ2n) is 5.18. The Kier molecular flexibility index (Phi) is 6.39. The predicted octanol–water partition coefficient (Wildman–Crippen LogP) is 4.04. The van der Waals surface area contributed by atoms with Crippen molar-refractivity contribution in [2.24, 2.45) is 0 Å². The van der Waals surface area contributed by atoms with Crippen LogP contribution in [0.3, 0.4) is 0 Å². The highest BCUT2D eigenvalue weighted by atomic mass is 32.1. The molecule has 2 aromatic heterocycles. The van der Waals surface area contributed by atoms with E-state index in [9.17, 15) is 4.79 Å². The van der Waals surface area contributed by atoms with Crippen LogP contribution in [0, 0.1) is 0 Å². The molecule has 0 spiro atoms. The summed E-state index contributed by atoms with van der Waals surface area (Å²) < 4.78 is 0. The van der Waals surface area contributed by atoms with Gasteiger partial charge in [0.25, 0.3) is 0 Å². The summed E-state index contributed by atoms with van der Waals surface area (Å²) in [7, 11) is 0. The summed E-state index contributed by atoms with van der Waals surface area (Å²) in [6.45, 7) is 5.90. The van der Waals surface area contributed by atoms with Gasteiger partial charge in [-0.25, -0.2) is 4.98 Å². The van der Waals surface area contributed by atoms with Gasteiger partial charge in [0.15, 0.2) is 5.13 Å². The molecular formula is C16H23N3OS2. The fourth-order valence-electron chi connectivity index (χ4n) is 2.42. The average molecular weight is 338 g/mol. The number of thiophene rings is 1. The zero-order valence-corrected chi connectivity index (χ0v) is 14.8. The molecule has 120 valence electrons. The number of aryl methyl sites for hydroxylation is 1. The van der Waals surface area contributed by atoms with Gasteiger partial charge in [0.2, 0.25) is 5.91 Å². The van der Waals surface area contributed by atoms with Gasteiger partial charge in [0, 0.05) is 24.4 Å². The van der Waals surface area contributed by atoms with Crippen LogP contribution in [0.5, 0.6) is 0 Å². The third kappa shape index (κ3) is 4.30. The van der Waals surface area contributed by atoms with Gasteiger partial charge in [-0.15, -0.1) is 22.7 Å². The smallest absolute Gasteiger partial charge is 0.222 e. The van der Waals surface area contributed by atoms with Crippen molar-refractivity contribution in [3.63, 3.8) is 0 Å². The molecule has 2 rings (SSSR count). The summed E-state index contributed by atoms with van der Waals surface area (Å²) in [5, 5.41) is 2.61. The largest absolute Gasteiger partial charge is 0.375 e. The van der Waals surface area contributed by atoms with Crippen molar-refractivity contribution in [1.29, 1.82) is 0 Å². The number of carbonyl (C=O) groups excluding carboxylic acids is 1. The van der Waals surface area contributed by atoms with Crippen LogP contribution in [0.1, 0.15) is 38.0 Å². The zero-order chi connectivity index (χ0) is 15.9. The molecule has 0 aliphatic carbocycles. The summed E-state index contributed by atoms with van der Waals surface area (Å²) in [5.74, 6) is 0.229. The summed E-state index contributed by atoms with van der Waals surface area (Å²) in [5.41, 5.74) is 6.81. The Hall–Kier alpha value is -1.40. The second-order valence-corrected chi connectivity index (χ2v) is 7.24. The van der Waals surface area contributed by atoms with Gasteiger partial charge in [0.1, 0.15) is 0 Å². The van der Waals surface area contributed by atoms with E-state index in [1.807, 2.05) is 22.4 Å². The van der Waals surface area contributed by atoms with Crippen molar-refractivity contribution < 1.29 is 4.79 Å². The van der Waals surface area contributed by atoms with E-state index in [0.29, 0.717) is 18.0 Å². The summed E-state index contributed by atoms with van der Waals surface area (Å²) in [6, 6.07) is 4.06. The van der Waals surface area contributed by atoms with Gasteiger partial charge in [0.05, 0.1) is 10.6 Å². The fraction of sp³-hybridized carbons (Fsp3) is 0.500. The molecule has 4 nitrogen and oxygen atoms in total. The first-order chi connectivity index (χ1) is 10.7. The Morgan fingerprint density at radius 2 is 2.05 bits per heavy atom. The van der Waals surface area contributed by atoms with Crippen molar-refractivity contribution in [2.75, 3.05) is 18.8 Å². The number of rotatable bonds is 8. The lowest BCUT2D eigenvalue weighted by molar-refractivity contribution is -0.131. The van der Waals surface area contributed by atoms with Crippen LogP contribution in [-0.2, 0) is 11.2 Å². The molecule has 0 unspecified atom stereocenters. The molecular weight excluding hydrogens is 314 g/mol. The molecule has 0 atom stereocenters. The second kappa shape index (κ2) is 8.29. The van der Waals surface area contributed by atoms with Gasteiger partial charge < -0.3 is 10.6 Å². The van der Waals surface area contributed by atoms with E-state index in [4.69, 9.17) is 5.73 Å². The first-order valence-electron chi connectivity index (χ1n) is 7.72. The highest BCUT2D eigenvalue weighted by Crippen LogP contribution is 2.33. The summed E-state index contributed by atoms with van der Waals surface area (Å²) >= 11 is 3.15. The lowest BCUT2D eigenvalue weighted by Gasteiger charge is -2.21. The topological polar surface area (TPSA) is 59.2 Å². The molecule has 6 heteroatoms. The third-order valence-corrected chi connectivity index (χ3v) is 5.20. The van der Waals surface area contributed by atoms with Crippen molar-refractivity contribution in [2.45, 2.75) is 39.5 Å². The standard InChI is InChI=1S/C16H23N3OS2/c1-3-9-19(10-4-2)14(20)8-7-13-15(18-16(17)22-13)12-6-5-11-21-12/h5-6,11H,3-4,7-10H2,1-2H3,(H2,17,18). The van der Waals surface area contributed by atoms with Gasteiger partial charge >= 0.3 is 0 Å². The van der Waals surface area contributed by atoms with Crippen LogP contribution >= 0.6 is 22.7 Å². The minimum absolute atomic E-state index is 0.229. The lowest BCUT2D eigenvalue weighted by atomic mass is 10.2. The van der Waals surface area contributed by atoms with E-state index in [2.05, 4.69) is 18.8 Å². The van der Waals surface area contributed by atoms with Crippen molar-refractivity contribution in [3.8, 4) is 10.6 Å².